The number of hydrogen-bond acceptors (Lipinski definition) is 3. The number of ether oxygens (including phenoxy) is 1. The second-order valence-corrected chi connectivity index (χ2v) is 13.1. The molecule has 0 aliphatic carbocycles. The molecule has 5 nitrogen and oxygen atoms in total. The minimum atomic E-state index is 0. The number of benzene rings is 4. The summed E-state index contributed by atoms with van der Waals surface area (Å²) in [7, 11) is 0. The van der Waals surface area contributed by atoms with Gasteiger partial charge < -0.3 is 13.9 Å². The first-order valence-electron chi connectivity index (χ1n) is 16.3. The van der Waals surface area contributed by atoms with Crippen LogP contribution in [0.4, 0.5) is 0 Å². The predicted molar refractivity (Wildman–Crippen MR) is 186 cm³/mol. The second-order valence-electron chi connectivity index (χ2n) is 13.1. The molecule has 0 fully saturated rings. The van der Waals surface area contributed by atoms with Crippen LogP contribution in [0.5, 0.6) is 11.5 Å². The maximum absolute atomic E-state index is 6.37. The molecule has 0 unspecified atom stereocenters. The number of aryl methyl sites for hydroxylation is 5. The molecule has 0 radical (unpaired) electrons. The van der Waals surface area contributed by atoms with E-state index in [1.165, 1.54) is 33.5 Å². The van der Waals surface area contributed by atoms with Crippen molar-refractivity contribution in [2.75, 3.05) is 0 Å². The summed E-state index contributed by atoms with van der Waals surface area (Å²) in [5.41, 5.74) is 12.3. The Hall–Kier alpha value is -4.21. The summed E-state index contributed by atoms with van der Waals surface area (Å²) in [6.45, 7) is 15.6. The van der Waals surface area contributed by atoms with Gasteiger partial charge >= 0.3 is 21.1 Å². The van der Waals surface area contributed by atoms with Crippen LogP contribution in [0.1, 0.15) is 78.9 Å². The van der Waals surface area contributed by atoms with Crippen molar-refractivity contribution in [2.24, 2.45) is 0 Å². The molecule has 1 aliphatic heterocycles. The van der Waals surface area contributed by atoms with Gasteiger partial charge in [0.1, 0.15) is 5.82 Å². The predicted octanol–water partition coefficient (Wildman–Crippen LogP) is 10.1. The van der Waals surface area contributed by atoms with E-state index in [4.69, 9.17) is 14.7 Å². The quantitative estimate of drug-likeness (QED) is 0.167. The Morgan fingerprint density at radius 1 is 0.681 bits per heavy atom. The third kappa shape index (κ3) is 6.26. The van der Waals surface area contributed by atoms with Crippen LogP contribution in [0, 0.1) is 32.9 Å². The number of fused-ring (bicyclic) bond motifs is 10. The first-order valence-corrected chi connectivity index (χ1v) is 16.3. The van der Waals surface area contributed by atoms with Crippen molar-refractivity contribution in [2.45, 2.75) is 73.1 Å². The molecule has 6 aromatic rings. The van der Waals surface area contributed by atoms with Crippen LogP contribution in [0.2, 0.25) is 0 Å². The van der Waals surface area contributed by atoms with Gasteiger partial charge in [-0.25, -0.2) is 0 Å². The van der Waals surface area contributed by atoms with Crippen LogP contribution >= 0.6 is 0 Å². The van der Waals surface area contributed by atoms with Crippen molar-refractivity contribution in [1.29, 1.82) is 0 Å². The Kier molecular flexibility index (Phi) is 9.13. The molecule has 0 saturated heterocycles. The summed E-state index contributed by atoms with van der Waals surface area (Å²) in [5, 5.41) is 0. The van der Waals surface area contributed by atoms with Gasteiger partial charge in [-0.1, -0.05) is 75.7 Å². The van der Waals surface area contributed by atoms with Gasteiger partial charge in [0.25, 0.3) is 0 Å². The number of para-hydroxylation sites is 1. The molecule has 0 N–H and O–H groups in total. The van der Waals surface area contributed by atoms with Crippen molar-refractivity contribution >= 4 is 0 Å². The van der Waals surface area contributed by atoms with E-state index in [1.54, 1.807) is 0 Å². The summed E-state index contributed by atoms with van der Waals surface area (Å²) in [4.78, 5) is 10.5. The first-order chi connectivity index (χ1) is 22.2. The van der Waals surface area contributed by atoms with Crippen LogP contribution in [0.25, 0.3) is 34.0 Å². The molecular formula is C41H40N4OPt. The maximum Gasteiger partial charge on any atom is 2.00 e. The van der Waals surface area contributed by atoms with Crippen LogP contribution in [-0.4, -0.2) is 19.1 Å². The third-order valence-electron chi connectivity index (χ3n) is 8.87. The monoisotopic (exact) mass is 799 g/mol. The average Bonchev–Trinajstić information content (AvgIpc) is 3.63. The normalized spacial score (nSPS) is 12.4. The van der Waals surface area contributed by atoms with E-state index in [1.807, 2.05) is 24.3 Å². The number of rotatable bonds is 4. The molecule has 8 bridgehead atoms. The van der Waals surface area contributed by atoms with Crippen molar-refractivity contribution < 1.29 is 25.8 Å². The minimum absolute atomic E-state index is 0. The molecule has 0 saturated carbocycles. The number of hydrogen-bond donors (Lipinski definition) is 0. The second kappa shape index (κ2) is 13.1. The zero-order chi connectivity index (χ0) is 32.1. The largest absolute Gasteiger partial charge is 2.00 e. The molecule has 0 atom stereocenters. The van der Waals surface area contributed by atoms with Crippen LogP contribution in [-0.2, 0) is 33.9 Å². The molecule has 4 aromatic carbocycles. The minimum Gasteiger partial charge on any atom is -0.497 e. The van der Waals surface area contributed by atoms with E-state index in [2.05, 4.69) is 125 Å². The summed E-state index contributed by atoms with van der Waals surface area (Å²) >= 11 is 0. The Labute approximate surface area is 293 Å². The Morgan fingerprint density at radius 3 is 1.91 bits per heavy atom. The van der Waals surface area contributed by atoms with Crippen LogP contribution in [0.15, 0.2) is 79.1 Å². The number of imidazole rings is 2. The smallest absolute Gasteiger partial charge is 0.497 e. The molecule has 47 heavy (non-hydrogen) atoms. The van der Waals surface area contributed by atoms with Gasteiger partial charge in [0.2, 0.25) is 0 Å². The van der Waals surface area contributed by atoms with E-state index < -0.39 is 0 Å². The summed E-state index contributed by atoms with van der Waals surface area (Å²) < 4.78 is 10.9. The maximum atomic E-state index is 6.37. The van der Waals surface area contributed by atoms with Gasteiger partial charge in [-0.2, -0.15) is 0 Å². The molecule has 3 heterocycles. The Morgan fingerprint density at radius 2 is 1.28 bits per heavy atom. The fourth-order valence-electron chi connectivity index (χ4n) is 6.82. The Bertz CT molecular complexity index is 2030. The topological polar surface area (TPSA) is 44.9 Å². The van der Waals surface area contributed by atoms with E-state index in [0.717, 1.165) is 52.7 Å². The van der Waals surface area contributed by atoms with Gasteiger partial charge in [0, 0.05) is 41.2 Å². The molecule has 2 aromatic heterocycles. The molecule has 6 heteroatoms. The summed E-state index contributed by atoms with van der Waals surface area (Å²) in [5.74, 6) is 3.81. The standard InChI is InChI=1S/C41H40N4O.Pt/c1-25(2)35-15-10-16-36(26(3)4)40(35)44-24-37-30-11-8-13-33(21-30)46-34-14-9-12-31(22-34)41-42-32(17-18-38(44)43-37)23-45(41)39-28(6)19-27(5)20-29(39)7;/h8-16,19-20,23-26H,17-18H2,1-7H3;/q-2;+2. The molecule has 7 rings (SSSR count). The fraction of sp³-hybridized carbons (Fsp3) is 0.268. The zero-order valence-electron chi connectivity index (χ0n) is 28.1. The van der Waals surface area contributed by atoms with Gasteiger partial charge in [-0.3, -0.25) is 9.97 Å². The van der Waals surface area contributed by atoms with Crippen molar-refractivity contribution in [3.63, 3.8) is 0 Å². The van der Waals surface area contributed by atoms with Gasteiger partial charge in [0.15, 0.2) is 0 Å². The average molecular weight is 800 g/mol. The first kappa shape index (κ1) is 32.7. The molecule has 1 aliphatic rings. The summed E-state index contributed by atoms with van der Waals surface area (Å²) in [6.07, 6.45) is 5.84. The third-order valence-corrected chi connectivity index (χ3v) is 8.87. The SMILES string of the molecule is Cc1cc(C)c(-n2cc3nc2-c2[c-]c(ccc2)Oc2[c-]c(ccc2)-c2cn(-c4c(C(C)C)cccc4C(C)C)c(n2)CC3)c(C)c1.[Pt+2]. The zero-order valence-corrected chi connectivity index (χ0v) is 30.4. The fourth-order valence-corrected chi connectivity index (χ4v) is 6.82. The van der Waals surface area contributed by atoms with Crippen molar-refractivity contribution in [1.82, 2.24) is 19.1 Å². The van der Waals surface area contributed by atoms with Crippen molar-refractivity contribution in [3.8, 4) is 45.5 Å². The van der Waals surface area contributed by atoms with Gasteiger partial charge in [-0.15, -0.1) is 47.5 Å². The molecule has 0 spiro atoms. The van der Waals surface area contributed by atoms with E-state index in [0.29, 0.717) is 23.3 Å². The van der Waals surface area contributed by atoms with Crippen LogP contribution in [0.3, 0.4) is 0 Å². The molecule has 240 valence electrons. The number of aromatic nitrogens is 4. The van der Waals surface area contributed by atoms with E-state index in [-0.39, 0.29) is 21.1 Å². The van der Waals surface area contributed by atoms with E-state index in [9.17, 15) is 0 Å². The van der Waals surface area contributed by atoms with Crippen LogP contribution < -0.4 is 4.74 Å². The number of nitrogens with zero attached hydrogens (tertiary/aromatic N) is 4. The van der Waals surface area contributed by atoms with Gasteiger partial charge in [0.05, 0.1) is 11.5 Å². The van der Waals surface area contributed by atoms with Crippen molar-refractivity contribution in [3.05, 3.63) is 131 Å². The summed E-state index contributed by atoms with van der Waals surface area (Å²) in [6, 6.07) is 30.1. The van der Waals surface area contributed by atoms with Gasteiger partial charge in [-0.05, 0) is 67.5 Å². The molecule has 0 amide bonds. The molecular weight excluding hydrogens is 760 g/mol. The Balaban J connectivity index is 0.00000386. The van der Waals surface area contributed by atoms with E-state index >= 15 is 0 Å².